The predicted octanol–water partition coefficient (Wildman–Crippen LogP) is 2.30. The first kappa shape index (κ1) is 15.3. The summed E-state index contributed by atoms with van der Waals surface area (Å²) in [5.41, 5.74) is 1.19. The van der Waals surface area contributed by atoms with Crippen molar-refractivity contribution in [1.82, 2.24) is 9.97 Å². The maximum atomic E-state index is 9.29. The van der Waals surface area contributed by atoms with Crippen molar-refractivity contribution in [2.24, 2.45) is 0 Å². The van der Waals surface area contributed by atoms with Crippen molar-refractivity contribution in [1.29, 1.82) is 0 Å². The SMILES string of the molecule is CCCNc1cc(N(CCO)Cc2ccccc2)ncn1. The van der Waals surface area contributed by atoms with Crippen molar-refractivity contribution in [3.63, 3.8) is 0 Å². The van der Waals surface area contributed by atoms with Gasteiger partial charge in [0.2, 0.25) is 0 Å². The van der Waals surface area contributed by atoms with E-state index in [0.717, 1.165) is 24.6 Å². The van der Waals surface area contributed by atoms with Crippen LogP contribution in [0.25, 0.3) is 0 Å². The zero-order valence-corrected chi connectivity index (χ0v) is 12.4. The van der Waals surface area contributed by atoms with Crippen LogP contribution in [-0.2, 0) is 6.54 Å². The second kappa shape index (κ2) is 8.21. The zero-order chi connectivity index (χ0) is 14.9. The van der Waals surface area contributed by atoms with Crippen molar-refractivity contribution in [2.45, 2.75) is 19.9 Å². The summed E-state index contributed by atoms with van der Waals surface area (Å²) in [6.45, 7) is 4.34. The van der Waals surface area contributed by atoms with E-state index in [0.29, 0.717) is 13.1 Å². The van der Waals surface area contributed by atoms with Gasteiger partial charge in [-0.25, -0.2) is 9.97 Å². The lowest BCUT2D eigenvalue weighted by Crippen LogP contribution is -2.27. The lowest BCUT2D eigenvalue weighted by molar-refractivity contribution is 0.301. The minimum atomic E-state index is 0.0918. The van der Waals surface area contributed by atoms with Gasteiger partial charge in [0.25, 0.3) is 0 Å². The molecule has 0 fully saturated rings. The van der Waals surface area contributed by atoms with Gasteiger partial charge in [0.05, 0.1) is 6.61 Å². The summed E-state index contributed by atoms with van der Waals surface area (Å²) >= 11 is 0. The molecule has 5 heteroatoms. The Morgan fingerprint density at radius 1 is 1.19 bits per heavy atom. The molecule has 1 aromatic carbocycles. The van der Waals surface area contributed by atoms with Crippen LogP contribution in [0.5, 0.6) is 0 Å². The number of rotatable bonds is 8. The van der Waals surface area contributed by atoms with Crippen LogP contribution in [0.2, 0.25) is 0 Å². The highest BCUT2D eigenvalue weighted by molar-refractivity contribution is 5.48. The molecule has 1 aromatic heterocycles. The van der Waals surface area contributed by atoms with Crippen molar-refractivity contribution in [3.8, 4) is 0 Å². The molecule has 0 atom stereocenters. The van der Waals surface area contributed by atoms with E-state index in [-0.39, 0.29) is 6.61 Å². The van der Waals surface area contributed by atoms with Crippen LogP contribution in [0.1, 0.15) is 18.9 Å². The molecule has 0 radical (unpaired) electrons. The Morgan fingerprint density at radius 2 is 2.00 bits per heavy atom. The number of benzene rings is 1. The lowest BCUT2D eigenvalue weighted by Gasteiger charge is -2.23. The van der Waals surface area contributed by atoms with Gasteiger partial charge in [0.15, 0.2) is 0 Å². The number of anilines is 2. The van der Waals surface area contributed by atoms with Crippen molar-refractivity contribution in [2.75, 3.05) is 29.9 Å². The van der Waals surface area contributed by atoms with Gasteiger partial charge in [0.1, 0.15) is 18.0 Å². The molecule has 0 spiro atoms. The number of nitrogens with zero attached hydrogens (tertiary/aromatic N) is 3. The lowest BCUT2D eigenvalue weighted by atomic mass is 10.2. The van der Waals surface area contributed by atoms with Crippen molar-refractivity contribution in [3.05, 3.63) is 48.3 Å². The van der Waals surface area contributed by atoms with E-state index in [1.807, 2.05) is 29.2 Å². The number of hydrogen-bond acceptors (Lipinski definition) is 5. The summed E-state index contributed by atoms with van der Waals surface area (Å²) in [5.74, 6) is 1.64. The Kier molecular flexibility index (Phi) is 5.97. The molecule has 2 aromatic rings. The van der Waals surface area contributed by atoms with E-state index in [4.69, 9.17) is 0 Å². The number of aromatic nitrogens is 2. The quantitative estimate of drug-likeness (QED) is 0.779. The van der Waals surface area contributed by atoms with Crippen LogP contribution in [-0.4, -0.2) is 34.8 Å². The van der Waals surface area contributed by atoms with Crippen LogP contribution < -0.4 is 10.2 Å². The van der Waals surface area contributed by atoms with E-state index in [9.17, 15) is 5.11 Å². The average Bonchev–Trinajstić information content (AvgIpc) is 2.54. The van der Waals surface area contributed by atoms with Crippen molar-refractivity contribution < 1.29 is 5.11 Å². The summed E-state index contributed by atoms with van der Waals surface area (Å²) in [4.78, 5) is 10.6. The minimum absolute atomic E-state index is 0.0918. The predicted molar refractivity (Wildman–Crippen MR) is 85.4 cm³/mol. The van der Waals surface area contributed by atoms with Gasteiger partial charge in [-0.1, -0.05) is 37.3 Å². The second-order valence-electron chi connectivity index (χ2n) is 4.82. The van der Waals surface area contributed by atoms with Gasteiger partial charge < -0.3 is 15.3 Å². The van der Waals surface area contributed by atoms with E-state index < -0.39 is 0 Å². The fourth-order valence-corrected chi connectivity index (χ4v) is 2.07. The molecule has 21 heavy (non-hydrogen) atoms. The molecular weight excluding hydrogens is 264 g/mol. The molecule has 0 aliphatic rings. The average molecular weight is 286 g/mol. The third-order valence-corrected chi connectivity index (χ3v) is 3.12. The Hall–Kier alpha value is -2.14. The van der Waals surface area contributed by atoms with Crippen LogP contribution >= 0.6 is 0 Å². The molecule has 0 unspecified atom stereocenters. The first-order chi connectivity index (χ1) is 10.3. The molecular formula is C16H22N4O. The number of hydrogen-bond donors (Lipinski definition) is 2. The highest BCUT2D eigenvalue weighted by Crippen LogP contribution is 2.16. The number of aliphatic hydroxyl groups is 1. The van der Waals surface area contributed by atoms with Crippen LogP contribution in [0.15, 0.2) is 42.7 Å². The van der Waals surface area contributed by atoms with Gasteiger partial charge in [-0.05, 0) is 12.0 Å². The molecule has 112 valence electrons. The largest absolute Gasteiger partial charge is 0.395 e. The van der Waals surface area contributed by atoms with E-state index in [1.165, 1.54) is 5.56 Å². The van der Waals surface area contributed by atoms with Gasteiger partial charge in [-0.2, -0.15) is 0 Å². The molecule has 0 amide bonds. The summed E-state index contributed by atoms with van der Waals surface area (Å²) in [6.07, 6.45) is 2.60. The number of nitrogens with one attached hydrogen (secondary N) is 1. The third-order valence-electron chi connectivity index (χ3n) is 3.12. The van der Waals surface area contributed by atoms with E-state index >= 15 is 0 Å². The fraction of sp³-hybridized carbons (Fsp3) is 0.375. The molecule has 0 bridgehead atoms. The van der Waals surface area contributed by atoms with Crippen LogP contribution in [0.3, 0.4) is 0 Å². The first-order valence-corrected chi connectivity index (χ1v) is 7.29. The maximum absolute atomic E-state index is 9.29. The topological polar surface area (TPSA) is 61.3 Å². The molecule has 5 nitrogen and oxygen atoms in total. The second-order valence-corrected chi connectivity index (χ2v) is 4.82. The highest BCUT2D eigenvalue weighted by atomic mass is 16.3. The van der Waals surface area contributed by atoms with Gasteiger partial charge in [0, 0.05) is 25.7 Å². The molecule has 0 saturated carbocycles. The van der Waals surface area contributed by atoms with Gasteiger partial charge in [-0.3, -0.25) is 0 Å². The Balaban J connectivity index is 2.13. The van der Waals surface area contributed by atoms with Crippen LogP contribution in [0, 0.1) is 0 Å². The Labute approximate surface area is 125 Å². The zero-order valence-electron chi connectivity index (χ0n) is 12.4. The fourth-order valence-electron chi connectivity index (χ4n) is 2.07. The van der Waals surface area contributed by atoms with E-state index in [1.54, 1.807) is 6.33 Å². The summed E-state index contributed by atoms with van der Waals surface area (Å²) < 4.78 is 0. The number of aliphatic hydroxyl groups excluding tert-OH is 1. The first-order valence-electron chi connectivity index (χ1n) is 7.29. The molecule has 0 aliphatic carbocycles. The standard InChI is InChI=1S/C16H22N4O/c1-2-8-17-15-11-16(19-13-18-15)20(9-10-21)12-14-6-4-3-5-7-14/h3-7,11,13,21H,2,8-10,12H2,1H3,(H,17,18,19). The molecule has 2 rings (SSSR count). The van der Waals surface area contributed by atoms with E-state index in [2.05, 4.69) is 34.3 Å². The van der Waals surface area contributed by atoms with Crippen molar-refractivity contribution >= 4 is 11.6 Å². The van der Waals surface area contributed by atoms with Crippen LogP contribution in [0.4, 0.5) is 11.6 Å². The molecule has 0 aliphatic heterocycles. The monoisotopic (exact) mass is 286 g/mol. The minimum Gasteiger partial charge on any atom is -0.395 e. The molecule has 0 saturated heterocycles. The summed E-state index contributed by atoms with van der Waals surface area (Å²) in [7, 11) is 0. The Morgan fingerprint density at radius 3 is 2.71 bits per heavy atom. The molecule has 1 heterocycles. The summed E-state index contributed by atoms with van der Waals surface area (Å²) in [6, 6.07) is 12.1. The van der Waals surface area contributed by atoms with Gasteiger partial charge in [-0.15, -0.1) is 0 Å². The maximum Gasteiger partial charge on any atom is 0.134 e. The smallest absolute Gasteiger partial charge is 0.134 e. The third kappa shape index (κ3) is 4.72. The van der Waals surface area contributed by atoms with Gasteiger partial charge >= 0.3 is 0 Å². The summed E-state index contributed by atoms with van der Waals surface area (Å²) in [5, 5.41) is 12.5. The Bertz CT molecular complexity index is 533. The molecule has 2 N–H and O–H groups in total. The highest BCUT2D eigenvalue weighted by Gasteiger charge is 2.09. The normalized spacial score (nSPS) is 10.4.